The zero-order valence-electron chi connectivity index (χ0n) is 13.8. The van der Waals surface area contributed by atoms with Crippen LogP contribution in [0.3, 0.4) is 0 Å². The van der Waals surface area contributed by atoms with Crippen molar-refractivity contribution in [2.75, 3.05) is 6.54 Å². The van der Waals surface area contributed by atoms with Gasteiger partial charge in [-0.1, -0.05) is 84.0 Å². The maximum atomic E-state index is 3.88. The Morgan fingerprint density at radius 2 is 0.667 bits per heavy atom. The molecule has 0 bridgehead atoms. The lowest BCUT2D eigenvalue weighted by molar-refractivity contribution is -0.368. The second-order valence-electron chi connectivity index (χ2n) is 5.45. The van der Waals surface area contributed by atoms with Gasteiger partial charge in [0.15, 0.2) is 0 Å². The van der Waals surface area contributed by atoms with Crippen molar-refractivity contribution < 1.29 is 73.7 Å². The van der Waals surface area contributed by atoms with E-state index in [0.29, 0.717) is 0 Å². The molecule has 0 radical (unpaired) electrons. The zero-order valence-corrected chi connectivity index (χ0v) is 20.2. The van der Waals surface area contributed by atoms with Gasteiger partial charge in [-0.3, -0.25) is 0 Å². The van der Waals surface area contributed by atoms with Gasteiger partial charge in [0.1, 0.15) is 0 Å². The number of rotatable bonds is 14. The molecule has 0 aromatic heterocycles. The van der Waals surface area contributed by atoms with Gasteiger partial charge < -0.3 is 73.7 Å². The van der Waals surface area contributed by atoms with Gasteiger partial charge in [0.2, 0.25) is 0 Å². The monoisotopic (exact) mass is 558 g/mol. The van der Waals surface area contributed by atoms with E-state index in [1.807, 2.05) is 0 Å². The second-order valence-corrected chi connectivity index (χ2v) is 5.45. The molecule has 0 amide bonds. The number of hydrogen-bond acceptors (Lipinski definition) is 0. The van der Waals surface area contributed by atoms with Crippen molar-refractivity contribution in [3.05, 3.63) is 0 Å². The van der Waals surface area contributed by atoms with Gasteiger partial charge in [-0.05, 0) is 12.8 Å². The van der Waals surface area contributed by atoms with Gasteiger partial charge in [-0.15, -0.1) is 0 Å². The molecule has 1 nitrogen and oxygen atoms in total. The number of halogens is 4. The van der Waals surface area contributed by atoms with Crippen LogP contribution in [0, 0.1) is 0 Å². The summed E-state index contributed by atoms with van der Waals surface area (Å²) >= 11 is 0. The molecule has 0 saturated carbocycles. The van der Waals surface area contributed by atoms with E-state index in [1.54, 1.807) is 0 Å². The molecule has 0 heterocycles. The van der Waals surface area contributed by atoms with E-state index in [0.717, 1.165) is 6.54 Å². The Kier molecular flexibility index (Phi) is 54.6. The molecule has 0 atom stereocenters. The highest BCUT2D eigenvalue weighted by Gasteiger charge is 1.93. The molecule has 0 aliphatic carbocycles. The Labute approximate surface area is 176 Å². The van der Waals surface area contributed by atoms with Crippen LogP contribution >= 0.6 is 0 Å². The highest BCUT2D eigenvalue weighted by molar-refractivity contribution is 4.48. The quantitative estimate of drug-likeness (QED) is 0.204. The molecule has 0 rings (SSSR count). The van der Waals surface area contributed by atoms with Crippen molar-refractivity contribution in [3.63, 3.8) is 0 Å². The van der Waals surface area contributed by atoms with Gasteiger partial charge in [-0.25, -0.2) is 0 Å². The van der Waals surface area contributed by atoms with Gasteiger partial charge in [-0.2, -0.15) is 0 Å². The van der Waals surface area contributed by atoms with Crippen molar-refractivity contribution >= 4 is 0 Å². The first-order valence-corrected chi connectivity index (χ1v) is 8.21. The van der Waals surface area contributed by atoms with Crippen LogP contribution in [-0.4, -0.2) is 6.54 Å². The first-order chi connectivity index (χ1) is 8.41. The fourth-order valence-corrected chi connectivity index (χ4v) is 2.37. The van der Waals surface area contributed by atoms with E-state index in [2.05, 4.69) is 12.7 Å². The minimum absolute atomic E-state index is 0. The van der Waals surface area contributed by atoms with E-state index >= 15 is 0 Å². The SMILES string of the molecule is CCCCCCCCCCCCCCCC[NH3+].[Br-].[Br-].[Br-].[Br-]. The van der Waals surface area contributed by atoms with Gasteiger partial charge in [0.05, 0.1) is 6.54 Å². The Bertz CT molecular complexity index is 123. The fraction of sp³-hybridized carbons (Fsp3) is 1.00. The third-order valence-corrected chi connectivity index (χ3v) is 3.60. The van der Waals surface area contributed by atoms with E-state index in [4.69, 9.17) is 0 Å². The third-order valence-electron chi connectivity index (χ3n) is 3.60. The van der Waals surface area contributed by atoms with E-state index in [-0.39, 0.29) is 67.9 Å². The standard InChI is InChI=1S/C16H35N.4BrH/c1-2-3-4-5-6-7-8-9-10-11-12-13-14-15-16-17;;;;/h2-17H2,1H3;4*1H/p-3. The van der Waals surface area contributed by atoms with Crippen LogP contribution in [0.1, 0.15) is 96.8 Å². The Balaban J connectivity index is -0.000000213. The van der Waals surface area contributed by atoms with Crippen LogP contribution in [0.2, 0.25) is 0 Å². The van der Waals surface area contributed by atoms with Crippen LogP contribution in [0.4, 0.5) is 0 Å². The highest BCUT2D eigenvalue weighted by Crippen LogP contribution is 2.12. The van der Waals surface area contributed by atoms with E-state index in [9.17, 15) is 0 Å². The Morgan fingerprint density at radius 1 is 0.429 bits per heavy atom. The van der Waals surface area contributed by atoms with Crippen LogP contribution in [0.5, 0.6) is 0 Å². The lowest BCUT2D eigenvalue weighted by atomic mass is 10.0. The molecule has 136 valence electrons. The van der Waals surface area contributed by atoms with Crippen molar-refractivity contribution in [3.8, 4) is 0 Å². The molecule has 21 heavy (non-hydrogen) atoms. The summed E-state index contributed by atoms with van der Waals surface area (Å²) in [5.74, 6) is 0. The summed E-state index contributed by atoms with van der Waals surface area (Å²) < 4.78 is 0. The van der Waals surface area contributed by atoms with Gasteiger partial charge in [0, 0.05) is 0 Å². The predicted molar refractivity (Wildman–Crippen MR) is 78.1 cm³/mol. The molecule has 0 fully saturated rings. The topological polar surface area (TPSA) is 27.6 Å². The first-order valence-electron chi connectivity index (χ1n) is 8.21. The summed E-state index contributed by atoms with van der Waals surface area (Å²) in [4.78, 5) is 0. The molecule has 0 aromatic carbocycles. The van der Waals surface area contributed by atoms with E-state index in [1.165, 1.54) is 89.9 Å². The summed E-state index contributed by atoms with van der Waals surface area (Å²) in [6.45, 7) is 3.41. The molecular formula is C16H36Br4N-3. The molecule has 3 N–H and O–H groups in total. The van der Waals surface area contributed by atoms with Crippen LogP contribution in [0.15, 0.2) is 0 Å². The molecule has 0 unspecified atom stereocenters. The minimum Gasteiger partial charge on any atom is -1.00 e. The van der Waals surface area contributed by atoms with Crippen LogP contribution in [0.25, 0.3) is 0 Å². The lowest BCUT2D eigenvalue weighted by Crippen LogP contribution is -3.00. The first kappa shape index (κ1) is 34.3. The maximum Gasteiger partial charge on any atom is 0.0739 e. The Morgan fingerprint density at radius 3 is 0.905 bits per heavy atom. The molecule has 0 spiro atoms. The number of hydrogen-bond donors (Lipinski definition) is 1. The molecule has 0 aliphatic heterocycles. The minimum atomic E-state index is 0. The van der Waals surface area contributed by atoms with Crippen molar-refractivity contribution in [1.29, 1.82) is 0 Å². The highest BCUT2D eigenvalue weighted by atomic mass is 79.9. The van der Waals surface area contributed by atoms with Crippen molar-refractivity contribution in [2.24, 2.45) is 0 Å². The molecule has 0 aliphatic rings. The molecule has 0 aromatic rings. The number of quaternary nitrogens is 1. The molecular weight excluding hydrogens is 526 g/mol. The van der Waals surface area contributed by atoms with Crippen LogP contribution < -0.4 is 73.7 Å². The summed E-state index contributed by atoms with van der Waals surface area (Å²) in [6.07, 6.45) is 20.2. The van der Waals surface area contributed by atoms with Crippen molar-refractivity contribution in [2.45, 2.75) is 96.8 Å². The summed E-state index contributed by atoms with van der Waals surface area (Å²) in [5.41, 5.74) is 3.88. The zero-order chi connectivity index (χ0) is 12.6. The third kappa shape index (κ3) is 34.3. The van der Waals surface area contributed by atoms with Gasteiger partial charge in [0.25, 0.3) is 0 Å². The van der Waals surface area contributed by atoms with Crippen molar-refractivity contribution in [1.82, 2.24) is 0 Å². The lowest BCUT2D eigenvalue weighted by Gasteiger charge is -2.02. The number of unbranched alkanes of at least 4 members (excludes halogenated alkanes) is 13. The van der Waals surface area contributed by atoms with E-state index < -0.39 is 0 Å². The summed E-state index contributed by atoms with van der Waals surface area (Å²) in [7, 11) is 0. The summed E-state index contributed by atoms with van der Waals surface area (Å²) in [5, 5.41) is 0. The smallest absolute Gasteiger partial charge is 0.0739 e. The maximum absolute atomic E-state index is 3.88. The fourth-order valence-electron chi connectivity index (χ4n) is 2.37. The van der Waals surface area contributed by atoms with Crippen LogP contribution in [-0.2, 0) is 0 Å². The Hall–Kier alpha value is 1.88. The normalized spacial score (nSPS) is 8.86. The predicted octanol–water partition coefficient (Wildman–Crippen LogP) is -7.27. The summed E-state index contributed by atoms with van der Waals surface area (Å²) in [6, 6.07) is 0. The average molecular weight is 562 g/mol. The average Bonchev–Trinajstić information content (AvgIpc) is 2.35. The molecule has 0 saturated heterocycles. The van der Waals surface area contributed by atoms with Gasteiger partial charge >= 0.3 is 0 Å². The molecule has 5 heteroatoms. The second kappa shape index (κ2) is 33.5. The largest absolute Gasteiger partial charge is 1.00 e.